The highest BCUT2D eigenvalue weighted by molar-refractivity contribution is 5.94. The summed E-state index contributed by atoms with van der Waals surface area (Å²) in [5.74, 6) is 1.27. The number of nitrogens with zero attached hydrogens (tertiary/aromatic N) is 2. The highest BCUT2D eigenvalue weighted by atomic mass is 16.4. The van der Waals surface area contributed by atoms with Gasteiger partial charge in [-0.2, -0.15) is 0 Å². The van der Waals surface area contributed by atoms with Crippen molar-refractivity contribution in [2.24, 2.45) is 0 Å². The number of amides is 1. The van der Waals surface area contributed by atoms with Crippen molar-refractivity contribution in [2.75, 3.05) is 11.4 Å². The first-order chi connectivity index (χ1) is 9.11. The van der Waals surface area contributed by atoms with Crippen LogP contribution < -0.4 is 4.90 Å². The maximum atomic E-state index is 12.3. The van der Waals surface area contributed by atoms with Crippen LogP contribution in [-0.2, 0) is 11.2 Å². The zero-order valence-electron chi connectivity index (χ0n) is 11.5. The molecule has 0 aliphatic carbocycles. The van der Waals surface area contributed by atoms with Crippen molar-refractivity contribution < 1.29 is 9.21 Å². The third kappa shape index (κ3) is 3.02. The molecule has 0 saturated carbocycles. The number of rotatable bonds is 4. The Balaban J connectivity index is 2.16. The molecule has 2 rings (SSSR count). The third-order valence-electron chi connectivity index (χ3n) is 3.00. The van der Waals surface area contributed by atoms with Crippen molar-refractivity contribution in [1.29, 1.82) is 0 Å². The normalized spacial score (nSPS) is 10.5. The summed E-state index contributed by atoms with van der Waals surface area (Å²) >= 11 is 0. The topological polar surface area (TPSA) is 46.3 Å². The molecule has 19 heavy (non-hydrogen) atoms. The van der Waals surface area contributed by atoms with Crippen molar-refractivity contribution in [3.05, 3.63) is 47.7 Å². The van der Waals surface area contributed by atoms with E-state index in [-0.39, 0.29) is 12.3 Å². The summed E-state index contributed by atoms with van der Waals surface area (Å²) in [5, 5.41) is 0. The van der Waals surface area contributed by atoms with E-state index in [0.717, 1.165) is 11.4 Å². The SMILES string of the molecule is CCN(C(=O)Cc1oc(C)nc1C)c1ccccc1. The Morgan fingerprint density at radius 3 is 2.47 bits per heavy atom. The van der Waals surface area contributed by atoms with Crippen molar-refractivity contribution in [3.8, 4) is 0 Å². The second-order valence-electron chi connectivity index (χ2n) is 4.39. The minimum Gasteiger partial charge on any atom is -0.445 e. The molecule has 0 bridgehead atoms. The molecule has 1 heterocycles. The summed E-state index contributed by atoms with van der Waals surface area (Å²) in [6, 6.07) is 9.65. The maximum Gasteiger partial charge on any atom is 0.234 e. The maximum absolute atomic E-state index is 12.3. The van der Waals surface area contributed by atoms with E-state index in [4.69, 9.17) is 4.42 Å². The van der Waals surface area contributed by atoms with E-state index >= 15 is 0 Å². The van der Waals surface area contributed by atoms with Gasteiger partial charge in [-0.05, 0) is 26.0 Å². The predicted molar refractivity (Wildman–Crippen MR) is 74.2 cm³/mol. The molecular formula is C15H18N2O2. The zero-order chi connectivity index (χ0) is 13.8. The average molecular weight is 258 g/mol. The number of para-hydroxylation sites is 1. The van der Waals surface area contributed by atoms with Gasteiger partial charge in [0.1, 0.15) is 5.76 Å². The lowest BCUT2D eigenvalue weighted by atomic mass is 10.2. The molecule has 100 valence electrons. The minimum atomic E-state index is 0.0213. The minimum absolute atomic E-state index is 0.0213. The van der Waals surface area contributed by atoms with E-state index in [1.54, 1.807) is 11.8 Å². The Kier molecular flexibility index (Phi) is 4.00. The fourth-order valence-corrected chi connectivity index (χ4v) is 2.08. The fourth-order valence-electron chi connectivity index (χ4n) is 2.08. The second kappa shape index (κ2) is 5.69. The number of carbonyl (C=O) groups is 1. The Morgan fingerprint density at radius 1 is 1.26 bits per heavy atom. The van der Waals surface area contributed by atoms with Gasteiger partial charge in [-0.1, -0.05) is 18.2 Å². The average Bonchev–Trinajstić information content (AvgIpc) is 2.70. The summed E-state index contributed by atoms with van der Waals surface area (Å²) in [5.41, 5.74) is 1.69. The fraction of sp³-hybridized carbons (Fsp3) is 0.333. The molecular weight excluding hydrogens is 240 g/mol. The van der Waals surface area contributed by atoms with Gasteiger partial charge in [-0.3, -0.25) is 4.79 Å². The lowest BCUT2D eigenvalue weighted by Gasteiger charge is -2.20. The van der Waals surface area contributed by atoms with Gasteiger partial charge in [0, 0.05) is 19.2 Å². The standard InChI is InChI=1S/C15H18N2O2/c1-4-17(13-8-6-5-7-9-13)15(18)10-14-11(2)16-12(3)19-14/h5-9H,4,10H2,1-3H3. The molecule has 0 spiro atoms. The summed E-state index contributed by atoms with van der Waals surface area (Å²) in [6.45, 7) is 6.24. The lowest BCUT2D eigenvalue weighted by molar-refractivity contribution is -0.118. The number of likely N-dealkylation sites (N-methyl/N-ethyl adjacent to an activating group) is 1. The van der Waals surface area contributed by atoms with Gasteiger partial charge < -0.3 is 9.32 Å². The molecule has 0 atom stereocenters. The molecule has 1 aromatic carbocycles. The Hall–Kier alpha value is -2.10. The van der Waals surface area contributed by atoms with E-state index < -0.39 is 0 Å². The van der Waals surface area contributed by atoms with E-state index in [9.17, 15) is 4.79 Å². The van der Waals surface area contributed by atoms with Crippen molar-refractivity contribution in [3.63, 3.8) is 0 Å². The summed E-state index contributed by atoms with van der Waals surface area (Å²) in [7, 11) is 0. The Morgan fingerprint density at radius 2 is 1.95 bits per heavy atom. The molecule has 0 unspecified atom stereocenters. The van der Waals surface area contributed by atoms with Crippen LogP contribution in [0.2, 0.25) is 0 Å². The van der Waals surface area contributed by atoms with Crippen LogP contribution in [0.15, 0.2) is 34.7 Å². The number of aryl methyl sites for hydroxylation is 2. The first-order valence-corrected chi connectivity index (χ1v) is 6.40. The Bertz CT molecular complexity index is 561. The molecule has 4 heteroatoms. The summed E-state index contributed by atoms with van der Waals surface area (Å²) < 4.78 is 5.46. The number of carbonyl (C=O) groups excluding carboxylic acids is 1. The van der Waals surface area contributed by atoms with Crippen LogP contribution in [0.25, 0.3) is 0 Å². The van der Waals surface area contributed by atoms with Gasteiger partial charge in [0.25, 0.3) is 0 Å². The van der Waals surface area contributed by atoms with Crippen molar-refractivity contribution >= 4 is 11.6 Å². The van der Waals surface area contributed by atoms with Crippen LogP contribution in [0.1, 0.15) is 24.3 Å². The molecule has 0 fully saturated rings. The Labute approximate surface area is 113 Å². The van der Waals surface area contributed by atoms with E-state index in [1.807, 2.05) is 44.2 Å². The van der Waals surface area contributed by atoms with Gasteiger partial charge in [0.15, 0.2) is 5.89 Å². The van der Waals surface area contributed by atoms with Gasteiger partial charge >= 0.3 is 0 Å². The van der Waals surface area contributed by atoms with Crippen LogP contribution in [0.3, 0.4) is 0 Å². The molecule has 0 radical (unpaired) electrons. The molecule has 0 saturated heterocycles. The lowest BCUT2D eigenvalue weighted by Crippen LogP contribution is -2.32. The highest BCUT2D eigenvalue weighted by Crippen LogP contribution is 2.16. The second-order valence-corrected chi connectivity index (χ2v) is 4.39. The van der Waals surface area contributed by atoms with Gasteiger partial charge in [-0.25, -0.2) is 4.98 Å². The molecule has 4 nitrogen and oxygen atoms in total. The van der Waals surface area contributed by atoms with Gasteiger partial charge in [0.2, 0.25) is 5.91 Å². The third-order valence-corrected chi connectivity index (χ3v) is 3.00. The predicted octanol–water partition coefficient (Wildman–Crippen LogP) is 2.89. The number of anilines is 1. The number of hydrogen-bond donors (Lipinski definition) is 0. The largest absolute Gasteiger partial charge is 0.445 e. The van der Waals surface area contributed by atoms with Gasteiger partial charge in [-0.15, -0.1) is 0 Å². The zero-order valence-corrected chi connectivity index (χ0v) is 11.5. The quantitative estimate of drug-likeness (QED) is 0.847. The first-order valence-electron chi connectivity index (χ1n) is 6.40. The van der Waals surface area contributed by atoms with Crippen LogP contribution >= 0.6 is 0 Å². The highest BCUT2D eigenvalue weighted by Gasteiger charge is 2.18. The molecule has 1 aromatic heterocycles. The van der Waals surface area contributed by atoms with Crippen LogP contribution in [0, 0.1) is 13.8 Å². The van der Waals surface area contributed by atoms with E-state index in [0.29, 0.717) is 18.2 Å². The van der Waals surface area contributed by atoms with E-state index in [2.05, 4.69) is 4.98 Å². The monoisotopic (exact) mass is 258 g/mol. The van der Waals surface area contributed by atoms with Crippen molar-refractivity contribution in [2.45, 2.75) is 27.2 Å². The molecule has 2 aromatic rings. The summed E-state index contributed by atoms with van der Waals surface area (Å²) in [4.78, 5) is 18.3. The molecule has 0 aliphatic heterocycles. The van der Waals surface area contributed by atoms with E-state index in [1.165, 1.54) is 0 Å². The van der Waals surface area contributed by atoms with Gasteiger partial charge in [0.05, 0.1) is 12.1 Å². The van der Waals surface area contributed by atoms with Crippen LogP contribution in [-0.4, -0.2) is 17.4 Å². The smallest absolute Gasteiger partial charge is 0.234 e. The number of hydrogen-bond acceptors (Lipinski definition) is 3. The number of aromatic nitrogens is 1. The molecule has 1 amide bonds. The molecule has 0 N–H and O–H groups in total. The molecule has 0 aliphatic rings. The van der Waals surface area contributed by atoms with Crippen LogP contribution in [0.5, 0.6) is 0 Å². The summed E-state index contributed by atoms with van der Waals surface area (Å²) in [6.07, 6.45) is 0.245. The van der Waals surface area contributed by atoms with Crippen LogP contribution in [0.4, 0.5) is 5.69 Å². The first kappa shape index (κ1) is 13.3. The van der Waals surface area contributed by atoms with Crippen molar-refractivity contribution in [1.82, 2.24) is 4.98 Å². The number of benzene rings is 1. The number of oxazole rings is 1.